The smallest absolute Gasteiger partial charge is 0.265 e. The van der Waals surface area contributed by atoms with Gasteiger partial charge in [-0.15, -0.1) is 0 Å². The van der Waals surface area contributed by atoms with Crippen LogP contribution in [-0.4, -0.2) is 17.8 Å². The number of halogens is 1. The fourth-order valence-corrected chi connectivity index (χ4v) is 2.16. The number of Topliss-reactive ketones (excluding diaryl/α,β-unsaturated/α-hetero) is 1. The Morgan fingerprint density at radius 1 is 1.17 bits per heavy atom. The van der Waals surface area contributed by atoms with Gasteiger partial charge in [0.1, 0.15) is 5.75 Å². The second kappa shape index (κ2) is 7.79. The first-order chi connectivity index (χ1) is 11.0. The van der Waals surface area contributed by atoms with Gasteiger partial charge in [-0.2, -0.15) is 0 Å². The van der Waals surface area contributed by atoms with Gasteiger partial charge in [-0.3, -0.25) is 9.59 Å². The van der Waals surface area contributed by atoms with Crippen molar-refractivity contribution >= 4 is 29.0 Å². The van der Waals surface area contributed by atoms with Crippen LogP contribution < -0.4 is 10.1 Å². The summed E-state index contributed by atoms with van der Waals surface area (Å²) in [7, 11) is 0. The number of anilines is 1. The van der Waals surface area contributed by atoms with Gasteiger partial charge >= 0.3 is 0 Å². The van der Waals surface area contributed by atoms with E-state index < -0.39 is 6.10 Å². The lowest BCUT2D eigenvalue weighted by Crippen LogP contribution is -2.32. The highest BCUT2D eigenvalue weighted by molar-refractivity contribution is 6.30. The Kier molecular flexibility index (Phi) is 5.77. The van der Waals surface area contributed by atoms with E-state index in [0.717, 1.165) is 0 Å². The molecule has 0 saturated carbocycles. The van der Waals surface area contributed by atoms with Crippen molar-refractivity contribution in [2.24, 2.45) is 0 Å². The summed E-state index contributed by atoms with van der Waals surface area (Å²) in [4.78, 5) is 23.7. The van der Waals surface area contributed by atoms with Crippen LogP contribution in [0.15, 0.2) is 48.5 Å². The Balaban J connectivity index is 2.06. The quantitative estimate of drug-likeness (QED) is 0.801. The van der Waals surface area contributed by atoms with Crippen LogP contribution in [0.4, 0.5) is 5.69 Å². The van der Waals surface area contributed by atoms with Crippen molar-refractivity contribution in [2.45, 2.75) is 26.4 Å². The molecule has 0 radical (unpaired) electrons. The Morgan fingerprint density at radius 3 is 2.48 bits per heavy atom. The summed E-state index contributed by atoms with van der Waals surface area (Å²) >= 11 is 5.83. The molecule has 0 bridgehead atoms. The van der Waals surface area contributed by atoms with Gasteiger partial charge in [-0.1, -0.05) is 30.7 Å². The maximum Gasteiger partial charge on any atom is 0.265 e. The minimum absolute atomic E-state index is 0.0504. The molecule has 0 aliphatic carbocycles. The Labute approximate surface area is 140 Å². The number of hydrogen-bond donors (Lipinski definition) is 1. The predicted octanol–water partition coefficient (Wildman–Crippen LogP) is 4.34. The zero-order valence-corrected chi connectivity index (χ0v) is 13.8. The van der Waals surface area contributed by atoms with Gasteiger partial charge in [0.05, 0.1) is 0 Å². The minimum Gasteiger partial charge on any atom is -0.481 e. The van der Waals surface area contributed by atoms with E-state index in [4.69, 9.17) is 16.3 Å². The fourth-order valence-electron chi connectivity index (χ4n) is 2.04. The van der Waals surface area contributed by atoms with Crippen molar-refractivity contribution in [3.05, 3.63) is 59.1 Å². The molecule has 2 aromatic carbocycles. The molecule has 0 spiro atoms. The van der Waals surface area contributed by atoms with Crippen LogP contribution in [0.25, 0.3) is 0 Å². The number of carbonyl (C=O) groups excluding carboxylic acids is 2. The van der Waals surface area contributed by atoms with Crippen LogP contribution in [0.1, 0.15) is 30.6 Å². The van der Waals surface area contributed by atoms with Crippen molar-refractivity contribution in [3.63, 3.8) is 0 Å². The Bertz CT molecular complexity index is 698. The molecule has 2 aromatic rings. The van der Waals surface area contributed by atoms with Crippen molar-refractivity contribution in [1.82, 2.24) is 0 Å². The summed E-state index contributed by atoms with van der Waals surface area (Å²) in [6, 6.07) is 13.7. The van der Waals surface area contributed by atoms with Crippen LogP contribution in [0.2, 0.25) is 5.02 Å². The third kappa shape index (κ3) is 4.83. The molecule has 1 N–H and O–H groups in total. The van der Waals surface area contributed by atoms with Gasteiger partial charge in [0.2, 0.25) is 0 Å². The average Bonchev–Trinajstić information content (AvgIpc) is 2.54. The summed E-state index contributed by atoms with van der Waals surface area (Å²) in [6.07, 6.45) is -0.113. The molecule has 0 saturated heterocycles. The lowest BCUT2D eigenvalue weighted by atomic mass is 10.1. The molecule has 0 aliphatic rings. The van der Waals surface area contributed by atoms with Gasteiger partial charge in [0.15, 0.2) is 11.9 Å². The zero-order chi connectivity index (χ0) is 16.8. The highest BCUT2D eigenvalue weighted by Crippen LogP contribution is 2.19. The van der Waals surface area contributed by atoms with Crippen LogP contribution >= 0.6 is 11.6 Å². The second-order valence-corrected chi connectivity index (χ2v) is 5.53. The molecule has 4 nitrogen and oxygen atoms in total. The molecule has 2 rings (SSSR count). The van der Waals surface area contributed by atoms with Crippen molar-refractivity contribution in [1.29, 1.82) is 0 Å². The third-order valence-corrected chi connectivity index (χ3v) is 3.54. The number of carbonyl (C=O) groups is 2. The van der Waals surface area contributed by atoms with E-state index in [1.54, 1.807) is 48.5 Å². The topological polar surface area (TPSA) is 55.4 Å². The van der Waals surface area contributed by atoms with Gasteiger partial charge < -0.3 is 10.1 Å². The maximum absolute atomic E-state index is 12.3. The number of ketones is 1. The molecule has 1 amide bonds. The van der Waals surface area contributed by atoms with Crippen molar-refractivity contribution < 1.29 is 14.3 Å². The molecular weight excluding hydrogens is 314 g/mol. The van der Waals surface area contributed by atoms with Crippen LogP contribution in [0.5, 0.6) is 5.75 Å². The van der Waals surface area contributed by atoms with E-state index in [1.165, 1.54) is 6.92 Å². The van der Waals surface area contributed by atoms with Crippen LogP contribution in [0, 0.1) is 0 Å². The van der Waals surface area contributed by atoms with E-state index in [2.05, 4.69) is 5.32 Å². The molecule has 0 unspecified atom stereocenters. The summed E-state index contributed by atoms with van der Waals surface area (Å²) in [5.41, 5.74) is 1.12. The fraction of sp³-hybridized carbons (Fsp3) is 0.222. The first-order valence-corrected chi connectivity index (χ1v) is 7.71. The normalized spacial score (nSPS) is 11.6. The summed E-state index contributed by atoms with van der Waals surface area (Å²) < 4.78 is 5.69. The molecule has 23 heavy (non-hydrogen) atoms. The number of nitrogens with one attached hydrogen (secondary N) is 1. The molecular formula is C18H18ClNO3. The lowest BCUT2D eigenvalue weighted by Gasteiger charge is -2.17. The van der Waals surface area contributed by atoms with Crippen LogP contribution in [-0.2, 0) is 4.79 Å². The summed E-state index contributed by atoms with van der Waals surface area (Å²) in [6.45, 7) is 3.35. The monoisotopic (exact) mass is 331 g/mol. The first-order valence-electron chi connectivity index (χ1n) is 7.33. The minimum atomic E-state index is -0.628. The van der Waals surface area contributed by atoms with E-state index in [1.807, 2.05) is 6.92 Å². The molecule has 120 valence electrons. The van der Waals surface area contributed by atoms with Crippen LogP contribution in [0.3, 0.4) is 0 Å². The highest BCUT2D eigenvalue weighted by Gasteiger charge is 2.18. The van der Waals surface area contributed by atoms with Gasteiger partial charge in [-0.05, 0) is 49.7 Å². The summed E-state index contributed by atoms with van der Waals surface area (Å²) in [5.74, 6) is 0.266. The van der Waals surface area contributed by atoms with E-state index in [9.17, 15) is 9.59 Å². The molecule has 1 atom stereocenters. The zero-order valence-electron chi connectivity index (χ0n) is 13.0. The number of hydrogen-bond acceptors (Lipinski definition) is 3. The summed E-state index contributed by atoms with van der Waals surface area (Å²) in [5, 5.41) is 3.38. The SMILES string of the molecule is CC[C@H](Oc1ccc(Cl)cc1)C(=O)Nc1cccc(C(C)=O)c1. The molecule has 0 fully saturated rings. The maximum atomic E-state index is 12.3. The highest BCUT2D eigenvalue weighted by atomic mass is 35.5. The Morgan fingerprint density at radius 2 is 1.87 bits per heavy atom. The largest absolute Gasteiger partial charge is 0.481 e. The third-order valence-electron chi connectivity index (χ3n) is 3.29. The average molecular weight is 332 g/mol. The number of ether oxygens (including phenoxy) is 1. The van der Waals surface area contributed by atoms with Gasteiger partial charge in [0, 0.05) is 16.3 Å². The predicted molar refractivity (Wildman–Crippen MR) is 91.2 cm³/mol. The Hall–Kier alpha value is -2.33. The lowest BCUT2D eigenvalue weighted by molar-refractivity contribution is -0.122. The molecule has 5 heteroatoms. The number of amides is 1. The first kappa shape index (κ1) is 17.0. The molecule has 0 heterocycles. The van der Waals surface area contributed by atoms with Gasteiger partial charge in [-0.25, -0.2) is 0 Å². The molecule has 0 aromatic heterocycles. The van der Waals surface area contributed by atoms with E-state index in [0.29, 0.717) is 28.4 Å². The van der Waals surface area contributed by atoms with E-state index in [-0.39, 0.29) is 11.7 Å². The standard InChI is InChI=1S/C18H18ClNO3/c1-3-17(23-16-9-7-14(19)8-10-16)18(22)20-15-6-4-5-13(11-15)12(2)21/h4-11,17H,3H2,1-2H3,(H,20,22)/t17-/m0/s1. The molecule has 0 aliphatic heterocycles. The second-order valence-electron chi connectivity index (χ2n) is 5.09. The van der Waals surface area contributed by atoms with E-state index >= 15 is 0 Å². The van der Waals surface area contributed by atoms with Crippen molar-refractivity contribution in [3.8, 4) is 5.75 Å². The van der Waals surface area contributed by atoms with Crippen molar-refractivity contribution in [2.75, 3.05) is 5.32 Å². The number of benzene rings is 2. The van der Waals surface area contributed by atoms with Gasteiger partial charge in [0.25, 0.3) is 5.91 Å². The number of rotatable bonds is 6.